The summed E-state index contributed by atoms with van der Waals surface area (Å²) in [6.45, 7) is 1.64. The number of aromatic nitrogens is 1. The summed E-state index contributed by atoms with van der Waals surface area (Å²) < 4.78 is 5.49. The maximum atomic E-state index is 5.49. The van der Waals surface area contributed by atoms with Crippen molar-refractivity contribution in [1.82, 2.24) is 10.3 Å². The topological polar surface area (TPSA) is 46.2 Å². The van der Waals surface area contributed by atoms with Gasteiger partial charge in [0.1, 0.15) is 0 Å². The first-order valence-electron chi connectivity index (χ1n) is 5.41. The largest absolute Gasteiger partial charge is 0.376 e. The number of nitrogens with one attached hydrogen (secondary N) is 2. The lowest BCUT2D eigenvalue weighted by Gasteiger charge is -2.13. The SMILES string of the molecule is S=C(NC[C@H]1CCCO1)Nc1cccnc1. The van der Waals surface area contributed by atoms with Crippen LogP contribution in [-0.4, -0.2) is 29.4 Å². The molecule has 1 aromatic heterocycles. The highest BCUT2D eigenvalue weighted by atomic mass is 32.1. The van der Waals surface area contributed by atoms with Gasteiger partial charge in [-0.25, -0.2) is 0 Å². The fourth-order valence-corrected chi connectivity index (χ4v) is 1.83. The predicted molar refractivity (Wildman–Crippen MR) is 67.4 cm³/mol. The minimum Gasteiger partial charge on any atom is -0.376 e. The van der Waals surface area contributed by atoms with Crippen molar-refractivity contribution in [2.75, 3.05) is 18.5 Å². The third-order valence-electron chi connectivity index (χ3n) is 2.43. The Bertz CT molecular complexity index is 338. The van der Waals surface area contributed by atoms with Crippen LogP contribution < -0.4 is 10.6 Å². The summed E-state index contributed by atoms with van der Waals surface area (Å²) >= 11 is 5.17. The Hall–Kier alpha value is -1.20. The molecule has 1 atom stereocenters. The highest BCUT2D eigenvalue weighted by Gasteiger charge is 2.15. The lowest BCUT2D eigenvalue weighted by molar-refractivity contribution is 0.114. The molecule has 1 saturated heterocycles. The Labute approximate surface area is 100 Å². The van der Waals surface area contributed by atoms with Crippen LogP contribution in [0.2, 0.25) is 0 Å². The van der Waals surface area contributed by atoms with Crippen molar-refractivity contribution >= 4 is 23.0 Å². The number of ether oxygens (including phenoxy) is 1. The average molecular weight is 237 g/mol. The van der Waals surface area contributed by atoms with E-state index in [0.29, 0.717) is 11.2 Å². The third kappa shape index (κ3) is 3.43. The fraction of sp³-hybridized carbons (Fsp3) is 0.455. The van der Waals surface area contributed by atoms with E-state index in [0.717, 1.165) is 31.7 Å². The number of nitrogens with zero attached hydrogens (tertiary/aromatic N) is 1. The highest BCUT2D eigenvalue weighted by molar-refractivity contribution is 7.80. The molecule has 0 unspecified atom stereocenters. The Morgan fingerprint density at radius 1 is 1.62 bits per heavy atom. The molecule has 0 saturated carbocycles. The van der Waals surface area contributed by atoms with Gasteiger partial charge in [0.15, 0.2) is 5.11 Å². The van der Waals surface area contributed by atoms with Crippen LogP contribution in [-0.2, 0) is 4.74 Å². The molecule has 5 heteroatoms. The molecule has 1 aliphatic heterocycles. The van der Waals surface area contributed by atoms with Gasteiger partial charge < -0.3 is 15.4 Å². The first-order chi connectivity index (χ1) is 7.84. The molecule has 0 amide bonds. The van der Waals surface area contributed by atoms with E-state index in [1.165, 1.54) is 0 Å². The molecule has 0 spiro atoms. The molecule has 4 nitrogen and oxygen atoms in total. The van der Waals surface area contributed by atoms with Gasteiger partial charge in [-0.05, 0) is 37.2 Å². The maximum Gasteiger partial charge on any atom is 0.170 e. The van der Waals surface area contributed by atoms with Crippen molar-refractivity contribution in [2.45, 2.75) is 18.9 Å². The molecular weight excluding hydrogens is 222 g/mol. The number of rotatable bonds is 3. The smallest absolute Gasteiger partial charge is 0.170 e. The first kappa shape index (κ1) is 11.3. The standard InChI is InChI=1S/C11H15N3OS/c16-11(13-8-10-4-2-6-15-10)14-9-3-1-5-12-7-9/h1,3,5,7,10H,2,4,6,8H2,(H2,13,14,16)/t10-/m1/s1. The molecule has 0 radical (unpaired) electrons. The Kier molecular flexibility index (Phi) is 4.07. The lowest BCUT2D eigenvalue weighted by Crippen LogP contribution is -2.34. The van der Waals surface area contributed by atoms with Crippen molar-refractivity contribution < 1.29 is 4.74 Å². The normalized spacial score (nSPS) is 19.4. The van der Waals surface area contributed by atoms with Crippen LogP contribution in [0.5, 0.6) is 0 Å². The molecular formula is C11H15N3OS. The first-order valence-corrected chi connectivity index (χ1v) is 5.82. The summed E-state index contributed by atoms with van der Waals surface area (Å²) in [5, 5.41) is 6.82. The number of anilines is 1. The monoisotopic (exact) mass is 237 g/mol. The van der Waals surface area contributed by atoms with Crippen LogP contribution in [0.3, 0.4) is 0 Å². The highest BCUT2D eigenvalue weighted by Crippen LogP contribution is 2.10. The van der Waals surface area contributed by atoms with Gasteiger partial charge in [-0.1, -0.05) is 0 Å². The fourth-order valence-electron chi connectivity index (χ4n) is 1.62. The summed E-state index contributed by atoms with van der Waals surface area (Å²) in [6, 6.07) is 3.79. The van der Waals surface area contributed by atoms with Crippen LogP contribution in [0.25, 0.3) is 0 Å². The van der Waals surface area contributed by atoms with Crippen molar-refractivity contribution in [3.8, 4) is 0 Å². The van der Waals surface area contributed by atoms with Crippen LogP contribution in [0, 0.1) is 0 Å². The van der Waals surface area contributed by atoms with Crippen LogP contribution in [0.15, 0.2) is 24.5 Å². The Morgan fingerprint density at radius 3 is 3.25 bits per heavy atom. The predicted octanol–water partition coefficient (Wildman–Crippen LogP) is 1.55. The molecule has 16 heavy (non-hydrogen) atoms. The van der Waals surface area contributed by atoms with Crippen LogP contribution in [0.1, 0.15) is 12.8 Å². The molecule has 1 fully saturated rings. The van der Waals surface area contributed by atoms with E-state index in [1.807, 2.05) is 12.1 Å². The van der Waals surface area contributed by atoms with E-state index in [4.69, 9.17) is 17.0 Å². The average Bonchev–Trinajstić information content (AvgIpc) is 2.81. The second kappa shape index (κ2) is 5.77. The maximum absolute atomic E-state index is 5.49. The summed E-state index contributed by atoms with van der Waals surface area (Å²) in [4.78, 5) is 4.00. The van der Waals surface area contributed by atoms with Gasteiger partial charge in [-0.2, -0.15) is 0 Å². The van der Waals surface area contributed by atoms with Gasteiger partial charge in [-0.3, -0.25) is 4.98 Å². The number of thiocarbonyl (C=S) groups is 1. The lowest BCUT2D eigenvalue weighted by atomic mass is 10.2. The number of hydrogen-bond donors (Lipinski definition) is 2. The molecule has 86 valence electrons. The zero-order valence-corrected chi connectivity index (χ0v) is 9.80. The van der Waals surface area contributed by atoms with Gasteiger partial charge in [0, 0.05) is 19.3 Å². The van der Waals surface area contributed by atoms with E-state index in [2.05, 4.69) is 15.6 Å². The van der Waals surface area contributed by atoms with E-state index >= 15 is 0 Å². The van der Waals surface area contributed by atoms with Crippen molar-refractivity contribution in [2.24, 2.45) is 0 Å². The Balaban J connectivity index is 1.72. The number of hydrogen-bond acceptors (Lipinski definition) is 3. The molecule has 0 aliphatic carbocycles. The minimum absolute atomic E-state index is 0.300. The molecule has 1 aromatic rings. The van der Waals surface area contributed by atoms with Gasteiger partial charge in [0.2, 0.25) is 0 Å². The quantitative estimate of drug-likeness (QED) is 0.781. The molecule has 0 aromatic carbocycles. The Morgan fingerprint density at radius 2 is 2.56 bits per heavy atom. The van der Waals surface area contributed by atoms with Crippen LogP contribution >= 0.6 is 12.2 Å². The zero-order valence-electron chi connectivity index (χ0n) is 8.98. The molecule has 0 bridgehead atoms. The van der Waals surface area contributed by atoms with Gasteiger partial charge >= 0.3 is 0 Å². The van der Waals surface area contributed by atoms with Crippen molar-refractivity contribution in [1.29, 1.82) is 0 Å². The summed E-state index contributed by atoms with van der Waals surface area (Å²) in [7, 11) is 0. The molecule has 2 heterocycles. The second-order valence-corrected chi connectivity index (χ2v) is 4.12. The van der Waals surface area contributed by atoms with E-state index in [9.17, 15) is 0 Å². The van der Waals surface area contributed by atoms with Gasteiger partial charge in [0.25, 0.3) is 0 Å². The number of pyridine rings is 1. The van der Waals surface area contributed by atoms with Crippen LogP contribution in [0.4, 0.5) is 5.69 Å². The van der Waals surface area contributed by atoms with Gasteiger partial charge in [-0.15, -0.1) is 0 Å². The molecule has 1 aliphatic rings. The van der Waals surface area contributed by atoms with E-state index in [1.54, 1.807) is 12.4 Å². The van der Waals surface area contributed by atoms with Crippen molar-refractivity contribution in [3.63, 3.8) is 0 Å². The minimum atomic E-state index is 0.300. The van der Waals surface area contributed by atoms with Gasteiger partial charge in [0.05, 0.1) is 18.0 Å². The second-order valence-electron chi connectivity index (χ2n) is 3.71. The third-order valence-corrected chi connectivity index (χ3v) is 2.68. The van der Waals surface area contributed by atoms with E-state index < -0.39 is 0 Å². The summed E-state index contributed by atoms with van der Waals surface area (Å²) in [5.74, 6) is 0. The summed E-state index contributed by atoms with van der Waals surface area (Å²) in [6.07, 6.45) is 6.03. The van der Waals surface area contributed by atoms with Crippen molar-refractivity contribution in [3.05, 3.63) is 24.5 Å². The zero-order chi connectivity index (χ0) is 11.2. The summed E-state index contributed by atoms with van der Waals surface area (Å²) in [5.41, 5.74) is 0.896. The molecule has 2 N–H and O–H groups in total. The molecule has 2 rings (SSSR count). The van der Waals surface area contributed by atoms with E-state index in [-0.39, 0.29) is 0 Å².